The van der Waals surface area contributed by atoms with E-state index in [1.54, 1.807) is 25.6 Å². The van der Waals surface area contributed by atoms with Gasteiger partial charge in [0, 0.05) is 30.6 Å². The summed E-state index contributed by atoms with van der Waals surface area (Å²) < 4.78 is 26.3. The first-order chi connectivity index (χ1) is 11.4. The zero-order chi connectivity index (χ0) is 17.7. The first-order valence-electron chi connectivity index (χ1n) is 7.58. The van der Waals surface area contributed by atoms with Crippen LogP contribution in [0.2, 0.25) is 0 Å². The highest BCUT2D eigenvalue weighted by atomic mass is 32.2. The first kappa shape index (κ1) is 18.7. The van der Waals surface area contributed by atoms with Crippen LogP contribution >= 0.6 is 11.8 Å². The van der Waals surface area contributed by atoms with Gasteiger partial charge in [-0.25, -0.2) is 8.42 Å². The van der Waals surface area contributed by atoms with Gasteiger partial charge in [-0.1, -0.05) is 13.8 Å². The standard InChI is InChI=1S/C14H20N4O4S2/c1-3-17(4-2)24(21,22)12-5-6-13(14(9-12)18(19)20)16-15-11-7-8-23-10-11/h5-6,9,16H,3-4,7-8,10H2,1-2H3/b15-11+. The highest BCUT2D eigenvalue weighted by molar-refractivity contribution is 8.00. The Morgan fingerprint density at radius 3 is 2.62 bits per heavy atom. The van der Waals surface area contributed by atoms with Gasteiger partial charge in [0.2, 0.25) is 10.0 Å². The van der Waals surface area contributed by atoms with Gasteiger partial charge in [0.05, 0.1) is 9.82 Å². The maximum absolute atomic E-state index is 12.5. The number of anilines is 1. The molecule has 1 heterocycles. The Hall–Kier alpha value is -1.65. The smallest absolute Gasteiger partial charge is 0.272 e. The molecule has 1 fully saturated rings. The van der Waals surface area contributed by atoms with Crippen LogP contribution in [0.15, 0.2) is 28.2 Å². The molecule has 8 nitrogen and oxygen atoms in total. The Morgan fingerprint density at radius 2 is 2.08 bits per heavy atom. The van der Waals surface area contributed by atoms with E-state index in [-0.39, 0.29) is 16.3 Å². The van der Waals surface area contributed by atoms with Crippen LogP contribution in [0.5, 0.6) is 0 Å². The van der Waals surface area contributed by atoms with Crippen molar-refractivity contribution in [1.82, 2.24) is 4.31 Å². The predicted octanol–water partition coefficient (Wildman–Crippen LogP) is 2.53. The number of thioether (sulfide) groups is 1. The van der Waals surface area contributed by atoms with Crippen LogP contribution in [0.1, 0.15) is 20.3 Å². The van der Waals surface area contributed by atoms with Gasteiger partial charge in [0.25, 0.3) is 5.69 Å². The Kier molecular flexibility index (Phi) is 6.19. The van der Waals surface area contributed by atoms with Gasteiger partial charge < -0.3 is 0 Å². The van der Waals surface area contributed by atoms with Crippen molar-refractivity contribution in [1.29, 1.82) is 0 Å². The normalized spacial score (nSPS) is 16.7. The van der Waals surface area contributed by atoms with Crippen molar-refractivity contribution in [3.8, 4) is 0 Å². The topological polar surface area (TPSA) is 105 Å². The van der Waals surface area contributed by atoms with Crippen LogP contribution in [-0.2, 0) is 10.0 Å². The van der Waals surface area contributed by atoms with Gasteiger partial charge in [0.15, 0.2) is 0 Å². The van der Waals surface area contributed by atoms with Crippen molar-refractivity contribution in [2.75, 3.05) is 30.0 Å². The largest absolute Gasteiger partial charge is 0.295 e. The summed E-state index contributed by atoms with van der Waals surface area (Å²) in [7, 11) is -3.74. The van der Waals surface area contributed by atoms with E-state index in [1.165, 1.54) is 16.4 Å². The molecule has 1 aliphatic heterocycles. The Labute approximate surface area is 145 Å². The molecule has 0 spiro atoms. The molecule has 0 atom stereocenters. The number of sulfonamides is 1. The zero-order valence-corrected chi connectivity index (χ0v) is 15.2. The summed E-state index contributed by atoms with van der Waals surface area (Å²) in [6.45, 7) is 4.05. The maximum Gasteiger partial charge on any atom is 0.295 e. The summed E-state index contributed by atoms with van der Waals surface area (Å²) in [6, 6.07) is 3.84. The fraction of sp³-hybridized carbons (Fsp3) is 0.500. The van der Waals surface area contributed by atoms with Gasteiger partial charge in [-0.3, -0.25) is 15.5 Å². The zero-order valence-electron chi connectivity index (χ0n) is 13.6. The molecule has 1 aliphatic rings. The number of nitrogens with zero attached hydrogens (tertiary/aromatic N) is 3. The number of hydrogen-bond acceptors (Lipinski definition) is 7. The van der Waals surface area contributed by atoms with Crippen molar-refractivity contribution in [2.24, 2.45) is 5.10 Å². The molecule has 0 aromatic heterocycles. The molecular weight excluding hydrogens is 352 g/mol. The van der Waals surface area contributed by atoms with Crippen LogP contribution < -0.4 is 5.43 Å². The summed E-state index contributed by atoms with van der Waals surface area (Å²) in [5, 5.41) is 15.5. The van der Waals surface area contributed by atoms with Crippen molar-refractivity contribution in [2.45, 2.75) is 25.2 Å². The third-order valence-electron chi connectivity index (χ3n) is 3.65. The van der Waals surface area contributed by atoms with Gasteiger partial charge >= 0.3 is 0 Å². The summed E-state index contributed by atoms with van der Waals surface area (Å²) in [6.07, 6.45) is 0.847. The maximum atomic E-state index is 12.5. The van der Waals surface area contributed by atoms with E-state index in [0.29, 0.717) is 13.1 Å². The lowest BCUT2D eigenvalue weighted by molar-refractivity contribution is -0.384. The molecule has 0 saturated carbocycles. The molecule has 10 heteroatoms. The summed E-state index contributed by atoms with van der Waals surface area (Å²) in [5.41, 5.74) is 3.51. The molecular formula is C14H20N4O4S2. The van der Waals surface area contributed by atoms with Crippen molar-refractivity contribution in [3.63, 3.8) is 0 Å². The predicted molar refractivity (Wildman–Crippen MR) is 96.2 cm³/mol. The third-order valence-corrected chi connectivity index (χ3v) is 6.72. The van der Waals surface area contributed by atoms with Crippen LogP contribution in [0.3, 0.4) is 0 Å². The number of nitro groups is 1. The van der Waals surface area contributed by atoms with E-state index in [2.05, 4.69) is 10.5 Å². The molecule has 0 unspecified atom stereocenters. The van der Waals surface area contributed by atoms with Gasteiger partial charge in [-0.15, -0.1) is 0 Å². The number of hydrazone groups is 1. The van der Waals surface area contributed by atoms with Gasteiger partial charge in [0.1, 0.15) is 5.69 Å². The SMILES string of the molecule is CCN(CC)S(=O)(=O)c1ccc(N/N=C2\CCSC2)c([N+](=O)[O-])c1. The molecule has 1 aromatic rings. The number of nitrogens with one attached hydrogen (secondary N) is 1. The minimum absolute atomic E-state index is 0.0903. The molecule has 24 heavy (non-hydrogen) atoms. The highest BCUT2D eigenvalue weighted by Crippen LogP contribution is 2.29. The van der Waals surface area contributed by atoms with Crippen molar-refractivity contribution >= 4 is 38.9 Å². The molecule has 1 saturated heterocycles. The van der Waals surface area contributed by atoms with E-state index in [9.17, 15) is 18.5 Å². The Morgan fingerprint density at radius 1 is 1.38 bits per heavy atom. The second-order valence-electron chi connectivity index (χ2n) is 5.12. The fourth-order valence-corrected chi connectivity index (χ4v) is 4.76. The van der Waals surface area contributed by atoms with Gasteiger partial charge in [-0.05, 0) is 24.3 Å². The van der Waals surface area contributed by atoms with Crippen LogP contribution in [-0.4, -0.2) is 48.0 Å². The van der Waals surface area contributed by atoms with E-state index < -0.39 is 14.9 Å². The highest BCUT2D eigenvalue weighted by Gasteiger charge is 2.25. The molecule has 0 bridgehead atoms. The molecule has 1 aromatic carbocycles. The monoisotopic (exact) mass is 372 g/mol. The molecule has 0 aliphatic carbocycles. The number of hydrogen-bond donors (Lipinski definition) is 1. The molecule has 132 valence electrons. The Bertz CT molecular complexity index is 737. The summed E-state index contributed by atoms with van der Waals surface area (Å²) in [4.78, 5) is 10.6. The average Bonchev–Trinajstić information content (AvgIpc) is 3.07. The molecule has 0 amide bonds. The van der Waals surface area contributed by atoms with Crippen LogP contribution in [0, 0.1) is 10.1 Å². The second-order valence-corrected chi connectivity index (χ2v) is 8.16. The third kappa shape index (κ3) is 4.05. The minimum atomic E-state index is -3.74. The van der Waals surface area contributed by atoms with Crippen molar-refractivity contribution in [3.05, 3.63) is 28.3 Å². The van der Waals surface area contributed by atoms with Crippen molar-refractivity contribution < 1.29 is 13.3 Å². The average molecular weight is 372 g/mol. The number of rotatable bonds is 7. The minimum Gasteiger partial charge on any atom is -0.272 e. The molecule has 1 N–H and O–H groups in total. The van der Waals surface area contributed by atoms with Gasteiger partial charge in [-0.2, -0.15) is 21.2 Å². The van der Waals surface area contributed by atoms with E-state index in [4.69, 9.17) is 0 Å². The summed E-state index contributed by atoms with van der Waals surface area (Å²) >= 11 is 1.75. The summed E-state index contributed by atoms with van der Waals surface area (Å²) in [5.74, 6) is 1.79. The lowest BCUT2D eigenvalue weighted by Crippen LogP contribution is -2.30. The Balaban J connectivity index is 2.36. The fourth-order valence-electron chi connectivity index (χ4n) is 2.31. The van der Waals surface area contributed by atoms with E-state index >= 15 is 0 Å². The van der Waals surface area contributed by atoms with Crippen LogP contribution in [0.4, 0.5) is 11.4 Å². The molecule has 0 radical (unpaired) electrons. The lowest BCUT2D eigenvalue weighted by Gasteiger charge is -2.18. The molecule has 2 rings (SSSR count). The second kappa shape index (κ2) is 7.95. The lowest BCUT2D eigenvalue weighted by atomic mass is 10.3. The van der Waals surface area contributed by atoms with Crippen LogP contribution in [0.25, 0.3) is 0 Å². The van der Waals surface area contributed by atoms with E-state index in [1.807, 2.05) is 0 Å². The quantitative estimate of drug-likeness (QED) is 0.582. The number of nitro benzene ring substituents is 1. The van der Waals surface area contributed by atoms with E-state index in [0.717, 1.165) is 29.7 Å². The first-order valence-corrected chi connectivity index (χ1v) is 10.2. The number of benzene rings is 1.